The van der Waals surface area contributed by atoms with Gasteiger partial charge in [-0.15, -0.1) is 0 Å². The average molecular weight is 262 g/mol. The van der Waals surface area contributed by atoms with E-state index in [-0.39, 0.29) is 5.82 Å². The van der Waals surface area contributed by atoms with Crippen molar-refractivity contribution in [2.45, 2.75) is 13.5 Å². The molecule has 0 bridgehead atoms. The number of methoxy groups -OCH3 is 1. The number of rotatable bonds is 4. The highest BCUT2D eigenvalue weighted by atomic mass is 19.1. The van der Waals surface area contributed by atoms with Crippen LogP contribution in [-0.4, -0.2) is 17.1 Å². The second kappa shape index (κ2) is 5.73. The van der Waals surface area contributed by atoms with Gasteiger partial charge in [-0.3, -0.25) is 0 Å². The molecule has 5 nitrogen and oxygen atoms in total. The first-order valence-corrected chi connectivity index (χ1v) is 5.74. The Hall–Kier alpha value is -2.05. The van der Waals surface area contributed by atoms with E-state index in [4.69, 9.17) is 10.6 Å². The molecule has 0 saturated heterocycles. The summed E-state index contributed by atoms with van der Waals surface area (Å²) in [5, 5.41) is 0. The van der Waals surface area contributed by atoms with Gasteiger partial charge in [-0.2, -0.15) is 0 Å². The van der Waals surface area contributed by atoms with Gasteiger partial charge in [-0.25, -0.2) is 20.2 Å². The minimum atomic E-state index is -0.286. The smallest absolute Gasteiger partial charge is 0.162 e. The summed E-state index contributed by atoms with van der Waals surface area (Å²) in [6.07, 6.45) is 0. The molecular weight excluding hydrogens is 247 g/mol. The average Bonchev–Trinajstić information content (AvgIpc) is 2.38. The van der Waals surface area contributed by atoms with Crippen LogP contribution in [0, 0.1) is 12.7 Å². The van der Waals surface area contributed by atoms with E-state index in [1.165, 1.54) is 12.1 Å². The minimum absolute atomic E-state index is 0.286. The zero-order chi connectivity index (χ0) is 13.8. The van der Waals surface area contributed by atoms with Crippen molar-refractivity contribution in [3.8, 4) is 11.4 Å². The number of benzene rings is 1. The predicted molar refractivity (Wildman–Crippen MR) is 70.7 cm³/mol. The SMILES string of the molecule is COCc1cc(NN)nc(-c2ccc(F)cc2C)n1. The molecule has 0 spiro atoms. The van der Waals surface area contributed by atoms with E-state index in [1.807, 2.05) is 0 Å². The van der Waals surface area contributed by atoms with Gasteiger partial charge in [-0.1, -0.05) is 0 Å². The van der Waals surface area contributed by atoms with Crippen LogP contribution in [0.15, 0.2) is 24.3 Å². The van der Waals surface area contributed by atoms with Gasteiger partial charge in [0.15, 0.2) is 5.82 Å². The first-order valence-electron chi connectivity index (χ1n) is 5.74. The van der Waals surface area contributed by atoms with Crippen LogP contribution in [0.2, 0.25) is 0 Å². The monoisotopic (exact) mass is 262 g/mol. The van der Waals surface area contributed by atoms with E-state index in [9.17, 15) is 4.39 Å². The maximum absolute atomic E-state index is 13.1. The number of nitrogens with one attached hydrogen (secondary N) is 1. The maximum Gasteiger partial charge on any atom is 0.162 e. The highest BCUT2D eigenvalue weighted by molar-refractivity contribution is 5.61. The van der Waals surface area contributed by atoms with Gasteiger partial charge < -0.3 is 10.2 Å². The van der Waals surface area contributed by atoms with Crippen LogP contribution in [0.5, 0.6) is 0 Å². The van der Waals surface area contributed by atoms with Crippen molar-refractivity contribution in [3.05, 3.63) is 41.3 Å². The lowest BCUT2D eigenvalue weighted by molar-refractivity contribution is 0.181. The van der Waals surface area contributed by atoms with Crippen molar-refractivity contribution in [3.63, 3.8) is 0 Å². The molecule has 0 fully saturated rings. The van der Waals surface area contributed by atoms with Crippen LogP contribution in [0.25, 0.3) is 11.4 Å². The Morgan fingerprint density at radius 2 is 2.11 bits per heavy atom. The highest BCUT2D eigenvalue weighted by Crippen LogP contribution is 2.22. The van der Waals surface area contributed by atoms with Crippen molar-refractivity contribution in [1.82, 2.24) is 9.97 Å². The first-order chi connectivity index (χ1) is 9.13. The standard InChI is InChI=1S/C13H15FN4O/c1-8-5-9(14)3-4-11(8)13-16-10(7-19-2)6-12(17-13)18-15/h3-6H,7,15H2,1-2H3,(H,16,17,18). The molecule has 19 heavy (non-hydrogen) atoms. The number of aryl methyl sites for hydroxylation is 1. The Kier molecular flexibility index (Phi) is 4.03. The van der Waals surface area contributed by atoms with Crippen molar-refractivity contribution < 1.29 is 9.13 Å². The molecular formula is C13H15FN4O. The van der Waals surface area contributed by atoms with Gasteiger partial charge in [-0.05, 0) is 30.7 Å². The van der Waals surface area contributed by atoms with E-state index >= 15 is 0 Å². The topological polar surface area (TPSA) is 73.1 Å². The third-order valence-corrected chi connectivity index (χ3v) is 2.65. The van der Waals surface area contributed by atoms with Crippen molar-refractivity contribution in [1.29, 1.82) is 0 Å². The first kappa shape index (κ1) is 13.4. The van der Waals surface area contributed by atoms with Crippen LogP contribution in [0.3, 0.4) is 0 Å². The third-order valence-electron chi connectivity index (χ3n) is 2.65. The van der Waals surface area contributed by atoms with E-state index < -0.39 is 0 Å². The summed E-state index contributed by atoms with van der Waals surface area (Å²) in [6.45, 7) is 2.16. The molecule has 3 N–H and O–H groups in total. The molecule has 0 aliphatic carbocycles. The largest absolute Gasteiger partial charge is 0.378 e. The fraction of sp³-hybridized carbons (Fsp3) is 0.231. The Balaban J connectivity index is 2.51. The van der Waals surface area contributed by atoms with E-state index in [2.05, 4.69) is 15.4 Å². The predicted octanol–water partition coefficient (Wildman–Crippen LogP) is 2.02. The van der Waals surface area contributed by atoms with Gasteiger partial charge >= 0.3 is 0 Å². The molecule has 0 amide bonds. The lowest BCUT2D eigenvalue weighted by Gasteiger charge is -2.09. The van der Waals surface area contributed by atoms with Crippen LogP contribution in [0.4, 0.5) is 10.2 Å². The molecule has 2 aromatic rings. The summed E-state index contributed by atoms with van der Waals surface area (Å²) in [4.78, 5) is 8.65. The van der Waals surface area contributed by atoms with Crippen LogP contribution in [0.1, 0.15) is 11.3 Å². The second-order valence-corrected chi connectivity index (χ2v) is 4.10. The summed E-state index contributed by atoms with van der Waals surface area (Å²) >= 11 is 0. The summed E-state index contributed by atoms with van der Waals surface area (Å²) in [6, 6.07) is 6.17. The molecule has 1 aromatic heterocycles. The lowest BCUT2D eigenvalue weighted by atomic mass is 10.1. The quantitative estimate of drug-likeness (QED) is 0.651. The van der Waals surface area contributed by atoms with Crippen molar-refractivity contribution in [2.24, 2.45) is 5.84 Å². The Bertz CT molecular complexity index is 589. The van der Waals surface area contributed by atoms with E-state index in [0.29, 0.717) is 23.9 Å². The Morgan fingerprint density at radius 1 is 1.32 bits per heavy atom. The summed E-state index contributed by atoms with van der Waals surface area (Å²) in [7, 11) is 1.58. The minimum Gasteiger partial charge on any atom is -0.378 e. The van der Waals surface area contributed by atoms with E-state index in [1.54, 1.807) is 26.2 Å². The molecule has 2 rings (SSSR count). The normalized spacial score (nSPS) is 10.5. The van der Waals surface area contributed by atoms with Crippen LogP contribution in [-0.2, 0) is 11.3 Å². The Morgan fingerprint density at radius 3 is 2.74 bits per heavy atom. The molecule has 0 radical (unpaired) electrons. The zero-order valence-electron chi connectivity index (χ0n) is 10.8. The number of hydrazine groups is 1. The second-order valence-electron chi connectivity index (χ2n) is 4.10. The molecule has 1 heterocycles. The van der Waals surface area contributed by atoms with E-state index in [0.717, 1.165) is 11.1 Å². The van der Waals surface area contributed by atoms with Crippen molar-refractivity contribution >= 4 is 5.82 Å². The molecule has 0 atom stereocenters. The number of nitrogen functional groups attached to an aromatic ring is 1. The number of aromatic nitrogens is 2. The molecule has 100 valence electrons. The fourth-order valence-electron chi connectivity index (χ4n) is 1.79. The molecule has 6 heteroatoms. The van der Waals surface area contributed by atoms with Crippen LogP contribution >= 0.6 is 0 Å². The highest BCUT2D eigenvalue weighted by Gasteiger charge is 2.09. The number of halogens is 1. The number of ether oxygens (including phenoxy) is 1. The fourth-order valence-corrected chi connectivity index (χ4v) is 1.79. The molecule has 0 unspecified atom stereocenters. The van der Waals surface area contributed by atoms with Crippen molar-refractivity contribution in [2.75, 3.05) is 12.5 Å². The third kappa shape index (κ3) is 3.04. The summed E-state index contributed by atoms with van der Waals surface area (Å²) < 4.78 is 18.2. The van der Waals surface area contributed by atoms with Gasteiger partial charge in [0, 0.05) is 18.7 Å². The number of hydrogen-bond acceptors (Lipinski definition) is 5. The van der Waals surface area contributed by atoms with Gasteiger partial charge in [0.1, 0.15) is 11.6 Å². The lowest BCUT2D eigenvalue weighted by Crippen LogP contribution is -2.11. The van der Waals surface area contributed by atoms with Crippen LogP contribution < -0.4 is 11.3 Å². The molecule has 0 aliphatic rings. The molecule has 0 saturated carbocycles. The number of hydrogen-bond donors (Lipinski definition) is 2. The molecule has 0 aliphatic heterocycles. The number of nitrogens with zero attached hydrogens (tertiary/aromatic N) is 2. The molecule has 1 aromatic carbocycles. The number of anilines is 1. The number of nitrogens with two attached hydrogens (primary N) is 1. The van der Waals surface area contributed by atoms with Gasteiger partial charge in [0.25, 0.3) is 0 Å². The maximum atomic E-state index is 13.1. The zero-order valence-corrected chi connectivity index (χ0v) is 10.8. The summed E-state index contributed by atoms with van der Waals surface area (Å²) in [5.41, 5.74) is 4.71. The van der Waals surface area contributed by atoms with Gasteiger partial charge in [0.2, 0.25) is 0 Å². The Labute approximate surface area is 110 Å². The van der Waals surface area contributed by atoms with Gasteiger partial charge in [0.05, 0.1) is 12.3 Å². The summed E-state index contributed by atoms with van der Waals surface area (Å²) in [5.74, 6) is 6.07.